The minimum Gasteiger partial charge on any atom is -0.395 e. The van der Waals surface area contributed by atoms with Gasteiger partial charge in [0.05, 0.1) is 17.1 Å². The van der Waals surface area contributed by atoms with Gasteiger partial charge in [0.25, 0.3) is 27.7 Å². The van der Waals surface area contributed by atoms with Gasteiger partial charge < -0.3 is 15.7 Å². The minimum absolute atomic E-state index is 0.0135. The van der Waals surface area contributed by atoms with Crippen molar-refractivity contribution in [2.75, 3.05) is 13.2 Å². The van der Waals surface area contributed by atoms with Gasteiger partial charge in [-0.25, -0.2) is 13.1 Å². The summed E-state index contributed by atoms with van der Waals surface area (Å²) < 4.78 is 27.4. The van der Waals surface area contributed by atoms with Crippen LogP contribution in [0.2, 0.25) is 0 Å². The van der Waals surface area contributed by atoms with Crippen molar-refractivity contribution in [1.29, 1.82) is 0 Å². The van der Waals surface area contributed by atoms with Gasteiger partial charge in [0.2, 0.25) is 0 Å². The highest BCUT2D eigenvalue weighted by Gasteiger charge is 2.22. The van der Waals surface area contributed by atoms with Crippen molar-refractivity contribution in [3.63, 3.8) is 0 Å². The predicted octanol–water partition coefficient (Wildman–Crippen LogP) is 0.985. The zero-order chi connectivity index (χ0) is 23.8. The molecule has 3 rings (SSSR count). The lowest BCUT2D eigenvalue weighted by atomic mass is 9.95. The maximum absolute atomic E-state index is 12.7. The number of pyridine rings is 1. The SMILES string of the molecule is O=C(NC1CCCCC1)c1cccc(S(=O)(=O)NC(=O)c2ccc(C(=O)NCCO)nc2)c1. The lowest BCUT2D eigenvalue weighted by Gasteiger charge is -2.22. The van der Waals surface area contributed by atoms with Crippen LogP contribution >= 0.6 is 0 Å². The van der Waals surface area contributed by atoms with E-state index in [0.29, 0.717) is 0 Å². The Bertz CT molecular complexity index is 1110. The molecule has 0 aliphatic heterocycles. The van der Waals surface area contributed by atoms with Crippen LogP contribution in [0.4, 0.5) is 0 Å². The number of aromatic nitrogens is 1. The van der Waals surface area contributed by atoms with Crippen LogP contribution in [0.5, 0.6) is 0 Å². The normalized spacial score (nSPS) is 14.3. The molecule has 0 unspecified atom stereocenters. The third kappa shape index (κ3) is 6.59. The van der Waals surface area contributed by atoms with Crippen molar-refractivity contribution in [3.05, 3.63) is 59.4 Å². The standard InChI is InChI=1S/C22H26N4O6S/c27-12-11-23-22(30)19-10-9-16(14-24-19)21(29)26-33(31,32)18-8-4-5-15(13-18)20(28)25-17-6-2-1-3-7-17/h4-5,8-10,13-14,17,27H,1-3,6-7,11-12H2,(H,23,30)(H,25,28)(H,26,29). The van der Waals surface area contributed by atoms with Gasteiger partial charge in [-0.2, -0.15) is 0 Å². The summed E-state index contributed by atoms with van der Waals surface area (Å²) >= 11 is 0. The molecular weight excluding hydrogens is 448 g/mol. The van der Waals surface area contributed by atoms with Crippen LogP contribution in [-0.4, -0.2) is 55.4 Å². The highest BCUT2D eigenvalue weighted by atomic mass is 32.2. The first kappa shape index (κ1) is 24.3. The number of aliphatic hydroxyl groups is 1. The third-order valence-corrected chi connectivity index (χ3v) is 6.56. The number of nitrogens with one attached hydrogen (secondary N) is 3. The summed E-state index contributed by atoms with van der Waals surface area (Å²) in [5.41, 5.74) is 0.138. The monoisotopic (exact) mass is 474 g/mol. The van der Waals surface area contributed by atoms with E-state index in [9.17, 15) is 22.8 Å². The first-order valence-electron chi connectivity index (χ1n) is 10.6. The smallest absolute Gasteiger partial charge is 0.269 e. The molecule has 0 atom stereocenters. The minimum atomic E-state index is -4.25. The molecule has 1 heterocycles. The second kappa shape index (κ2) is 11.0. The molecule has 1 aromatic carbocycles. The van der Waals surface area contributed by atoms with E-state index in [1.54, 1.807) is 0 Å². The summed E-state index contributed by atoms with van der Waals surface area (Å²) in [6.07, 6.45) is 6.12. The van der Waals surface area contributed by atoms with Crippen LogP contribution in [0.25, 0.3) is 0 Å². The van der Waals surface area contributed by atoms with E-state index < -0.39 is 21.8 Å². The van der Waals surface area contributed by atoms with Crippen LogP contribution < -0.4 is 15.4 Å². The van der Waals surface area contributed by atoms with Gasteiger partial charge in [-0.15, -0.1) is 0 Å². The Labute approximate surface area is 191 Å². The highest BCUT2D eigenvalue weighted by Crippen LogP contribution is 2.18. The number of hydrogen-bond donors (Lipinski definition) is 4. The summed E-state index contributed by atoms with van der Waals surface area (Å²) in [7, 11) is -4.25. The van der Waals surface area contributed by atoms with Crippen molar-refractivity contribution in [2.24, 2.45) is 0 Å². The van der Waals surface area contributed by atoms with Crippen LogP contribution in [0, 0.1) is 0 Å². The summed E-state index contributed by atoms with van der Waals surface area (Å²) in [6.45, 7) is -0.174. The lowest BCUT2D eigenvalue weighted by molar-refractivity contribution is 0.0923. The molecule has 2 aromatic rings. The van der Waals surface area contributed by atoms with E-state index in [1.165, 1.54) is 36.4 Å². The number of benzene rings is 1. The Balaban J connectivity index is 1.67. The maximum Gasteiger partial charge on any atom is 0.269 e. The molecule has 4 N–H and O–H groups in total. The largest absolute Gasteiger partial charge is 0.395 e. The van der Waals surface area contributed by atoms with Crippen LogP contribution in [0.3, 0.4) is 0 Å². The fraction of sp³-hybridized carbons (Fsp3) is 0.364. The first-order chi connectivity index (χ1) is 15.8. The zero-order valence-electron chi connectivity index (χ0n) is 17.9. The van der Waals surface area contributed by atoms with Crippen LogP contribution in [-0.2, 0) is 10.0 Å². The molecule has 1 saturated carbocycles. The summed E-state index contributed by atoms with van der Waals surface area (Å²) in [4.78, 5) is 40.4. The molecule has 0 radical (unpaired) electrons. The van der Waals surface area contributed by atoms with E-state index in [4.69, 9.17) is 5.11 Å². The Morgan fingerprint density at radius 1 is 0.970 bits per heavy atom. The van der Waals surface area contributed by atoms with Gasteiger partial charge in [-0.05, 0) is 43.2 Å². The molecule has 10 nitrogen and oxygen atoms in total. The fourth-order valence-corrected chi connectivity index (χ4v) is 4.50. The molecule has 33 heavy (non-hydrogen) atoms. The van der Waals surface area contributed by atoms with Gasteiger partial charge in [0.15, 0.2) is 0 Å². The molecule has 176 valence electrons. The van der Waals surface area contributed by atoms with E-state index >= 15 is 0 Å². The number of hydrogen-bond acceptors (Lipinski definition) is 7. The number of rotatable bonds is 8. The van der Waals surface area contributed by atoms with Gasteiger partial charge in [0, 0.05) is 24.3 Å². The number of nitrogens with zero attached hydrogens (tertiary/aromatic N) is 1. The van der Waals surface area contributed by atoms with Crippen LogP contribution in [0.15, 0.2) is 47.5 Å². The van der Waals surface area contributed by atoms with E-state index in [0.717, 1.165) is 38.3 Å². The number of carbonyl (C=O) groups excluding carboxylic acids is 3. The third-order valence-electron chi connectivity index (χ3n) is 5.23. The van der Waals surface area contributed by atoms with E-state index in [-0.39, 0.29) is 46.8 Å². The van der Waals surface area contributed by atoms with Gasteiger partial charge in [-0.1, -0.05) is 25.3 Å². The van der Waals surface area contributed by atoms with Crippen molar-refractivity contribution < 1.29 is 27.9 Å². The number of amides is 3. The lowest BCUT2D eigenvalue weighted by Crippen LogP contribution is -2.36. The van der Waals surface area contributed by atoms with Gasteiger partial charge in [0.1, 0.15) is 5.69 Å². The summed E-state index contributed by atoms with van der Waals surface area (Å²) in [6, 6.07) is 8.08. The predicted molar refractivity (Wildman–Crippen MR) is 119 cm³/mol. The second-order valence-electron chi connectivity index (χ2n) is 7.68. The number of aliphatic hydroxyl groups excluding tert-OH is 1. The van der Waals surface area contributed by atoms with Gasteiger partial charge in [-0.3, -0.25) is 19.4 Å². The topological polar surface area (TPSA) is 155 Å². The molecular formula is C22H26N4O6S. The van der Waals surface area contributed by atoms with Crippen molar-refractivity contribution in [3.8, 4) is 0 Å². The molecule has 1 fully saturated rings. The molecule has 1 aliphatic carbocycles. The Hall–Kier alpha value is -3.31. The van der Waals surface area contributed by atoms with Crippen LogP contribution in [0.1, 0.15) is 63.3 Å². The summed E-state index contributed by atoms with van der Waals surface area (Å²) in [5, 5.41) is 14.1. The highest BCUT2D eigenvalue weighted by molar-refractivity contribution is 7.90. The molecule has 3 amide bonds. The first-order valence-corrected chi connectivity index (χ1v) is 12.1. The van der Waals surface area contributed by atoms with Gasteiger partial charge >= 0.3 is 0 Å². The average molecular weight is 475 g/mol. The molecule has 1 aliphatic rings. The molecule has 1 aromatic heterocycles. The molecule has 0 spiro atoms. The molecule has 0 saturated heterocycles. The Kier molecular flexibility index (Phi) is 8.12. The number of carbonyl (C=O) groups is 3. The van der Waals surface area contributed by atoms with Crippen molar-refractivity contribution in [1.82, 2.24) is 20.3 Å². The zero-order valence-corrected chi connectivity index (χ0v) is 18.7. The summed E-state index contributed by atoms with van der Waals surface area (Å²) in [5.74, 6) is -1.82. The fourth-order valence-electron chi connectivity index (χ4n) is 3.48. The second-order valence-corrected chi connectivity index (χ2v) is 9.36. The molecule has 0 bridgehead atoms. The van der Waals surface area contributed by atoms with Crippen molar-refractivity contribution >= 4 is 27.7 Å². The average Bonchev–Trinajstić information content (AvgIpc) is 2.83. The van der Waals surface area contributed by atoms with E-state index in [1.807, 2.05) is 4.72 Å². The van der Waals surface area contributed by atoms with Crippen molar-refractivity contribution in [2.45, 2.75) is 43.0 Å². The number of sulfonamides is 1. The van der Waals surface area contributed by atoms with E-state index in [2.05, 4.69) is 15.6 Å². The maximum atomic E-state index is 12.7. The Morgan fingerprint density at radius 2 is 1.73 bits per heavy atom. The quantitative estimate of drug-likeness (QED) is 0.445. The Morgan fingerprint density at radius 3 is 2.39 bits per heavy atom. The molecule has 11 heteroatoms.